The largest absolute Gasteiger partial charge is 2.00 e. The van der Waals surface area contributed by atoms with E-state index in [1.165, 1.54) is 42.4 Å². The van der Waals surface area contributed by atoms with Gasteiger partial charge in [-0.25, -0.2) is 4.98 Å². The van der Waals surface area contributed by atoms with Gasteiger partial charge in [-0.1, -0.05) is 32.2 Å². The van der Waals surface area contributed by atoms with E-state index in [9.17, 15) is 0 Å². The van der Waals surface area contributed by atoms with Gasteiger partial charge in [-0.15, -0.1) is 0 Å². The summed E-state index contributed by atoms with van der Waals surface area (Å²) in [5.41, 5.74) is 9.76. The van der Waals surface area contributed by atoms with Crippen molar-refractivity contribution in [2.24, 2.45) is 0 Å². The third-order valence-electron chi connectivity index (χ3n) is 6.66. The molecule has 7 nitrogen and oxygen atoms in total. The van der Waals surface area contributed by atoms with Crippen molar-refractivity contribution in [1.29, 1.82) is 0 Å². The predicted octanol–water partition coefficient (Wildman–Crippen LogP) is 4.65. The molecule has 6 rings (SSSR count). The van der Waals surface area contributed by atoms with Crippen molar-refractivity contribution in [2.75, 3.05) is 0 Å². The number of hydrogen-bond acceptors (Lipinski definition) is 5. The molecule has 0 aromatic carbocycles. The van der Waals surface area contributed by atoms with Gasteiger partial charge in [0.05, 0.1) is 23.8 Å². The van der Waals surface area contributed by atoms with Crippen LogP contribution in [0.15, 0.2) is 36.9 Å². The predicted molar refractivity (Wildman–Crippen MR) is 131 cm³/mol. The Morgan fingerprint density at radius 3 is 1.63 bits per heavy atom. The number of nitrogens with zero attached hydrogens (tertiary/aromatic N) is 7. The van der Waals surface area contributed by atoms with Gasteiger partial charge in [0.15, 0.2) is 0 Å². The molecule has 0 spiro atoms. The Hall–Kier alpha value is -2.66. The topological polar surface area (TPSA) is 92.6 Å². The molecule has 4 heterocycles. The monoisotopic (exact) mass is 648 g/mol. The van der Waals surface area contributed by atoms with Gasteiger partial charge in [0, 0.05) is 23.8 Å². The summed E-state index contributed by atoms with van der Waals surface area (Å²) in [6, 6.07) is 4.11. The van der Waals surface area contributed by atoms with Crippen molar-refractivity contribution < 1.29 is 21.1 Å². The Labute approximate surface area is 221 Å². The van der Waals surface area contributed by atoms with E-state index in [1.807, 2.05) is 12.4 Å². The first-order chi connectivity index (χ1) is 16.5. The molecule has 8 heteroatoms. The number of pyridine rings is 1. The number of rotatable bonds is 2. The van der Waals surface area contributed by atoms with Gasteiger partial charge < -0.3 is 20.4 Å². The van der Waals surface area contributed by atoms with Gasteiger partial charge in [0.2, 0.25) is 0 Å². The summed E-state index contributed by atoms with van der Waals surface area (Å²) < 4.78 is 0. The second kappa shape index (κ2) is 10.9. The Balaban J connectivity index is 0.000000224. The van der Waals surface area contributed by atoms with Gasteiger partial charge in [-0.05, 0) is 85.6 Å². The van der Waals surface area contributed by atoms with Crippen LogP contribution in [0.5, 0.6) is 0 Å². The average Bonchev–Trinajstić information content (AvgIpc) is 3.49. The molecular formula is C27H31N7Pt. The molecule has 0 radical (unpaired) electrons. The minimum absolute atomic E-state index is 0. The molecule has 0 saturated heterocycles. The summed E-state index contributed by atoms with van der Waals surface area (Å²) in [5.74, 6) is 0. The van der Waals surface area contributed by atoms with E-state index >= 15 is 0 Å². The molecule has 0 aliphatic heterocycles. The van der Waals surface area contributed by atoms with Crippen LogP contribution in [0.1, 0.15) is 74.5 Å². The zero-order valence-electron chi connectivity index (χ0n) is 20.6. The van der Waals surface area contributed by atoms with Crippen molar-refractivity contribution in [3.63, 3.8) is 0 Å². The van der Waals surface area contributed by atoms with E-state index in [1.54, 1.807) is 12.4 Å². The van der Waals surface area contributed by atoms with E-state index in [0.717, 1.165) is 59.8 Å². The average molecular weight is 649 g/mol. The summed E-state index contributed by atoms with van der Waals surface area (Å²) in [6.07, 6.45) is 16.2. The maximum atomic E-state index is 4.81. The third-order valence-corrected chi connectivity index (χ3v) is 6.66. The molecule has 184 valence electrons. The van der Waals surface area contributed by atoms with E-state index < -0.39 is 0 Å². The first-order valence-electron chi connectivity index (χ1n) is 12.3. The fourth-order valence-corrected chi connectivity index (χ4v) is 4.71. The standard InChI is InChI=1S/C18H18N6.C9H13N.Pt/c1-3-7-13-11(5-1)17(23-21-13)15-9-19-10-16(20-15)18-12-6-2-4-8-14(12)22-24-18;1-9(2,3)8-4-6-10-7-5-8;/h9-10H,1-8H2;4-7H,1-3H3;/q-2;;+2. The van der Waals surface area contributed by atoms with E-state index in [0.29, 0.717) is 0 Å². The molecule has 2 aliphatic carbocycles. The van der Waals surface area contributed by atoms with Crippen molar-refractivity contribution >= 4 is 0 Å². The first-order valence-corrected chi connectivity index (χ1v) is 12.3. The molecule has 0 amide bonds. The molecule has 0 fully saturated rings. The zero-order valence-corrected chi connectivity index (χ0v) is 22.8. The van der Waals surface area contributed by atoms with Gasteiger partial charge in [0.25, 0.3) is 0 Å². The van der Waals surface area contributed by atoms with E-state index in [4.69, 9.17) is 4.98 Å². The van der Waals surface area contributed by atoms with Crippen LogP contribution in [-0.4, -0.2) is 25.1 Å². The molecular weight excluding hydrogens is 617 g/mol. The molecule has 0 bridgehead atoms. The van der Waals surface area contributed by atoms with Crippen LogP contribution < -0.4 is 10.2 Å². The minimum atomic E-state index is 0. The normalized spacial score (nSPS) is 14.7. The van der Waals surface area contributed by atoms with Crippen molar-refractivity contribution in [3.05, 3.63) is 65.0 Å². The molecule has 2 aliphatic rings. The number of hydrogen-bond donors (Lipinski definition) is 0. The quantitative estimate of drug-likeness (QED) is 0.313. The molecule has 0 N–H and O–H groups in total. The van der Waals surface area contributed by atoms with Crippen molar-refractivity contribution in [1.82, 2.24) is 35.3 Å². The molecule has 0 atom stereocenters. The summed E-state index contributed by atoms with van der Waals surface area (Å²) in [7, 11) is 0. The summed E-state index contributed by atoms with van der Waals surface area (Å²) in [4.78, 5) is 13.2. The fourth-order valence-electron chi connectivity index (χ4n) is 4.71. The van der Waals surface area contributed by atoms with Crippen LogP contribution in [0.2, 0.25) is 0 Å². The van der Waals surface area contributed by atoms with Crippen LogP contribution in [0.4, 0.5) is 0 Å². The van der Waals surface area contributed by atoms with E-state index in [-0.39, 0.29) is 26.5 Å². The maximum absolute atomic E-state index is 4.81. The van der Waals surface area contributed by atoms with Gasteiger partial charge in [0.1, 0.15) is 0 Å². The molecule has 0 saturated carbocycles. The van der Waals surface area contributed by atoms with Crippen molar-refractivity contribution in [3.8, 4) is 22.8 Å². The fraction of sp³-hybridized carbons (Fsp3) is 0.444. The van der Waals surface area contributed by atoms with Crippen LogP contribution >= 0.6 is 0 Å². The van der Waals surface area contributed by atoms with Crippen LogP contribution in [0.3, 0.4) is 0 Å². The summed E-state index contributed by atoms with van der Waals surface area (Å²) in [5, 5.41) is 17.5. The third kappa shape index (κ3) is 5.61. The van der Waals surface area contributed by atoms with Gasteiger partial charge in [-0.3, -0.25) is 9.97 Å². The van der Waals surface area contributed by atoms with Crippen LogP contribution in [0.25, 0.3) is 22.8 Å². The van der Waals surface area contributed by atoms with Gasteiger partial charge >= 0.3 is 21.1 Å². The zero-order chi connectivity index (χ0) is 23.5. The molecule has 4 aromatic heterocycles. The number of aryl methyl sites for hydroxylation is 2. The summed E-state index contributed by atoms with van der Waals surface area (Å²) in [6.45, 7) is 6.59. The second-order valence-corrected chi connectivity index (χ2v) is 10.1. The number of aromatic nitrogens is 7. The van der Waals surface area contributed by atoms with Gasteiger partial charge in [-0.2, -0.15) is 0 Å². The minimum Gasteiger partial charge on any atom is -0.573 e. The van der Waals surface area contributed by atoms with Crippen LogP contribution in [-0.2, 0) is 52.2 Å². The summed E-state index contributed by atoms with van der Waals surface area (Å²) >= 11 is 0. The Morgan fingerprint density at radius 2 is 1.17 bits per heavy atom. The molecule has 0 unspecified atom stereocenters. The van der Waals surface area contributed by atoms with E-state index in [2.05, 4.69) is 63.3 Å². The smallest absolute Gasteiger partial charge is 0.573 e. The first kappa shape index (κ1) is 25.4. The van der Waals surface area contributed by atoms with Crippen molar-refractivity contribution in [2.45, 2.75) is 77.6 Å². The second-order valence-electron chi connectivity index (χ2n) is 10.1. The molecule has 4 aromatic rings. The Kier molecular flexibility index (Phi) is 7.95. The Bertz CT molecular complexity index is 1180. The maximum Gasteiger partial charge on any atom is 2.00 e. The SMILES string of the molecule is CC(C)(C)c1ccncc1.[Pt+2].c1ncc(-c2[n-]nc3c2CCCC3)nc1-c1[n-]nc2c1CCCC2. The van der Waals surface area contributed by atoms with Crippen LogP contribution in [0, 0.1) is 0 Å². The number of fused-ring (bicyclic) bond motifs is 2. The molecule has 35 heavy (non-hydrogen) atoms. The Morgan fingerprint density at radius 1 is 0.686 bits per heavy atom.